The number of benzene rings is 2. The normalized spacial score (nSPS) is 13.8. The van der Waals surface area contributed by atoms with Crippen LogP contribution in [-0.2, 0) is 11.3 Å². The van der Waals surface area contributed by atoms with Crippen LogP contribution in [0, 0.1) is 5.92 Å². The third-order valence-corrected chi connectivity index (χ3v) is 5.30. The molecule has 0 fully saturated rings. The van der Waals surface area contributed by atoms with Gasteiger partial charge in [0.1, 0.15) is 13.2 Å². The monoisotopic (exact) mass is 421 g/mol. The zero-order valence-electron chi connectivity index (χ0n) is 18.1. The fraction of sp³-hybridized carbons (Fsp3) is 0.391. The molecule has 8 nitrogen and oxygen atoms in total. The van der Waals surface area contributed by atoms with Gasteiger partial charge in [-0.05, 0) is 24.1 Å². The number of aromatic nitrogens is 4. The number of ether oxygens (including phenoxy) is 2. The summed E-state index contributed by atoms with van der Waals surface area (Å²) >= 11 is 0. The molecule has 0 N–H and O–H groups in total. The Hall–Kier alpha value is -3.42. The summed E-state index contributed by atoms with van der Waals surface area (Å²) in [6, 6.07) is 14.8. The lowest BCUT2D eigenvalue weighted by Gasteiger charge is -2.29. The average molecular weight is 422 g/mol. The van der Waals surface area contributed by atoms with Gasteiger partial charge in [-0.3, -0.25) is 4.79 Å². The highest BCUT2D eigenvalue weighted by Gasteiger charge is 2.31. The van der Waals surface area contributed by atoms with E-state index >= 15 is 0 Å². The fourth-order valence-electron chi connectivity index (χ4n) is 3.69. The third-order valence-electron chi connectivity index (χ3n) is 5.30. The molecule has 0 saturated heterocycles. The maximum absolute atomic E-state index is 13.6. The molecule has 0 radical (unpaired) electrons. The van der Waals surface area contributed by atoms with Crippen molar-refractivity contribution in [3.05, 3.63) is 54.1 Å². The van der Waals surface area contributed by atoms with Gasteiger partial charge in [-0.25, -0.2) is 0 Å². The highest BCUT2D eigenvalue weighted by molar-refractivity contribution is 5.80. The Morgan fingerprint density at radius 2 is 1.87 bits per heavy atom. The molecule has 1 amide bonds. The lowest BCUT2D eigenvalue weighted by Crippen LogP contribution is -2.40. The molecule has 1 aliphatic heterocycles. The number of rotatable bonds is 7. The smallest absolute Gasteiger partial charge is 0.249 e. The number of tetrazole rings is 1. The zero-order valence-corrected chi connectivity index (χ0v) is 18.1. The van der Waals surface area contributed by atoms with Gasteiger partial charge in [0.15, 0.2) is 17.5 Å². The van der Waals surface area contributed by atoms with E-state index in [4.69, 9.17) is 9.47 Å². The first-order valence-corrected chi connectivity index (χ1v) is 10.6. The second kappa shape index (κ2) is 9.16. The average Bonchev–Trinajstić information content (AvgIpc) is 3.27. The molecule has 1 aliphatic rings. The van der Waals surface area contributed by atoms with E-state index in [1.807, 2.05) is 69.3 Å². The minimum absolute atomic E-state index is 0.0105. The molecule has 8 heteroatoms. The summed E-state index contributed by atoms with van der Waals surface area (Å²) in [5.41, 5.74) is 1.79. The highest BCUT2D eigenvalue weighted by atomic mass is 16.6. The Labute approximate surface area is 181 Å². The first-order valence-electron chi connectivity index (χ1n) is 10.6. The number of hydrogen-bond acceptors (Lipinski definition) is 6. The maximum Gasteiger partial charge on any atom is 0.249 e. The third kappa shape index (κ3) is 4.38. The molecule has 0 aliphatic carbocycles. The molecule has 1 unspecified atom stereocenters. The summed E-state index contributed by atoms with van der Waals surface area (Å²) in [5.74, 6) is 1.88. The van der Waals surface area contributed by atoms with Gasteiger partial charge in [0.25, 0.3) is 0 Å². The Morgan fingerprint density at radius 3 is 2.61 bits per heavy atom. The van der Waals surface area contributed by atoms with Crippen molar-refractivity contribution in [2.45, 2.75) is 33.4 Å². The van der Waals surface area contributed by atoms with Gasteiger partial charge in [0.05, 0.1) is 0 Å². The molecule has 0 bridgehead atoms. The standard InChI is InChI=1S/C23H27N5O3/c1-4-27(15-18-11-8-12-19-21(18)31-14-13-30-19)23(29)20(16(2)3)28-25-22(24-26-28)17-9-6-5-7-10-17/h5-12,16,20H,4,13-15H2,1-3H3. The molecule has 2 aromatic carbocycles. The van der Waals surface area contributed by atoms with Crippen LogP contribution in [0.1, 0.15) is 32.4 Å². The fourth-order valence-corrected chi connectivity index (χ4v) is 3.69. The topological polar surface area (TPSA) is 82.4 Å². The van der Waals surface area contributed by atoms with Crippen molar-refractivity contribution < 1.29 is 14.3 Å². The van der Waals surface area contributed by atoms with Gasteiger partial charge < -0.3 is 14.4 Å². The summed E-state index contributed by atoms with van der Waals surface area (Å²) in [6.07, 6.45) is 0. The molecule has 3 aromatic rings. The quantitative estimate of drug-likeness (QED) is 0.582. The first-order chi connectivity index (χ1) is 15.1. The molecule has 31 heavy (non-hydrogen) atoms. The van der Waals surface area contributed by atoms with Crippen LogP contribution in [0.15, 0.2) is 48.5 Å². The van der Waals surface area contributed by atoms with E-state index in [1.165, 1.54) is 4.80 Å². The molecule has 0 saturated carbocycles. The SMILES string of the molecule is CCN(Cc1cccc2c1OCCO2)C(=O)C(C(C)C)n1nnc(-c2ccccc2)n1. The predicted octanol–water partition coefficient (Wildman–Crippen LogP) is 3.36. The Balaban J connectivity index is 1.58. The molecule has 4 rings (SSSR count). The second-order valence-electron chi connectivity index (χ2n) is 7.78. The molecule has 162 valence electrons. The lowest BCUT2D eigenvalue weighted by atomic mass is 10.0. The number of carbonyl (C=O) groups excluding carboxylic acids is 1. The van der Waals surface area contributed by atoms with E-state index in [9.17, 15) is 4.79 Å². The molecule has 0 spiro atoms. The summed E-state index contributed by atoms with van der Waals surface area (Å²) in [7, 11) is 0. The van der Waals surface area contributed by atoms with Gasteiger partial charge >= 0.3 is 0 Å². The zero-order chi connectivity index (χ0) is 21.8. The van der Waals surface area contributed by atoms with Crippen molar-refractivity contribution in [2.24, 2.45) is 5.92 Å². The van der Waals surface area contributed by atoms with Crippen molar-refractivity contribution in [1.82, 2.24) is 25.1 Å². The van der Waals surface area contributed by atoms with Gasteiger partial charge in [-0.15, -0.1) is 10.2 Å². The van der Waals surface area contributed by atoms with Crippen LogP contribution < -0.4 is 9.47 Å². The number of carbonyl (C=O) groups is 1. The van der Waals surface area contributed by atoms with Crippen molar-refractivity contribution in [3.8, 4) is 22.9 Å². The summed E-state index contributed by atoms with van der Waals surface area (Å²) in [5, 5.41) is 12.9. The molecular weight excluding hydrogens is 394 g/mol. The molecule has 2 heterocycles. The molecular formula is C23H27N5O3. The van der Waals surface area contributed by atoms with E-state index in [2.05, 4.69) is 15.4 Å². The number of nitrogens with zero attached hydrogens (tertiary/aromatic N) is 5. The Kier molecular flexibility index (Phi) is 6.16. The number of para-hydroxylation sites is 1. The van der Waals surface area contributed by atoms with Crippen LogP contribution >= 0.6 is 0 Å². The van der Waals surface area contributed by atoms with Gasteiger partial charge in [0, 0.05) is 24.2 Å². The van der Waals surface area contributed by atoms with Gasteiger partial charge in [-0.2, -0.15) is 4.80 Å². The summed E-state index contributed by atoms with van der Waals surface area (Å²) in [4.78, 5) is 16.8. The molecule has 1 aromatic heterocycles. The van der Waals surface area contributed by atoms with Gasteiger partial charge in [0.2, 0.25) is 11.7 Å². The van der Waals surface area contributed by atoms with Crippen molar-refractivity contribution in [2.75, 3.05) is 19.8 Å². The van der Waals surface area contributed by atoms with E-state index in [0.717, 1.165) is 16.9 Å². The largest absolute Gasteiger partial charge is 0.486 e. The number of amides is 1. The van der Waals surface area contributed by atoms with Crippen LogP contribution in [0.25, 0.3) is 11.4 Å². The van der Waals surface area contributed by atoms with E-state index in [1.54, 1.807) is 4.90 Å². The van der Waals surface area contributed by atoms with E-state index in [0.29, 0.717) is 37.9 Å². The van der Waals surface area contributed by atoms with Crippen LogP contribution in [0.2, 0.25) is 0 Å². The van der Waals surface area contributed by atoms with Crippen LogP contribution in [0.4, 0.5) is 0 Å². The van der Waals surface area contributed by atoms with Crippen LogP contribution in [0.5, 0.6) is 11.5 Å². The molecule has 1 atom stereocenters. The Morgan fingerprint density at radius 1 is 1.10 bits per heavy atom. The van der Waals surface area contributed by atoms with Gasteiger partial charge in [-0.1, -0.05) is 56.3 Å². The number of likely N-dealkylation sites (N-methyl/N-ethyl adjacent to an activating group) is 1. The van der Waals surface area contributed by atoms with Crippen molar-refractivity contribution in [1.29, 1.82) is 0 Å². The van der Waals surface area contributed by atoms with Crippen LogP contribution in [0.3, 0.4) is 0 Å². The highest BCUT2D eigenvalue weighted by Crippen LogP contribution is 2.34. The first kappa shape index (κ1) is 20.8. The lowest BCUT2D eigenvalue weighted by molar-refractivity contribution is -0.137. The summed E-state index contributed by atoms with van der Waals surface area (Å²) in [6.45, 7) is 7.95. The van der Waals surface area contributed by atoms with E-state index < -0.39 is 6.04 Å². The summed E-state index contributed by atoms with van der Waals surface area (Å²) < 4.78 is 11.5. The van der Waals surface area contributed by atoms with E-state index in [-0.39, 0.29) is 11.8 Å². The second-order valence-corrected chi connectivity index (χ2v) is 7.78. The maximum atomic E-state index is 13.6. The number of hydrogen-bond donors (Lipinski definition) is 0. The van der Waals surface area contributed by atoms with Crippen molar-refractivity contribution in [3.63, 3.8) is 0 Å². The predicted molar refractivity (Wildman–Crippen MR) is 116 cm³/mol. The van der Waals surface area contributed by atoms with Crippen LogP contribution in [-0.4, -0.2) is 50.8 Å². The minimum atomic E-state index is -0.554. The van der Waals surface area contributed by atoms with Crippen molar-refractivity contribution >= 4 is 5.91 Å². The minimum Gasteiger partial charge on any atom is -0.486 e. The number of fused-ring (bicyclic) bond motifs is 1. The Bertz CT molecular complexity index is 1030.